The molecular weight excluding hydrogens is 318 g/mol. The lowest BCUT2D eigenvalue weighted by Crippen LogP contribution is -2.54. The van der Waals surface area contributed by atoms with E-state index in [2.05, 4.69) is 27.1 Å². The summed E-state index contributed by atoms with van der Waals surface area (Å²) in [4.78, 5) is 17.2. The largest absolute Gasteiger partial charge is 0.379 e. The molecule has 140 valence electrons. The summed E-state index contributed by atoms with van der Waals surface area (Å²) in [5, 5.41) is 7.36. The third kappa shape index (κ3) is 5.44. The van der Waals surface area contributed by atoms with Crippen LogP contribution in [0, 0.1) is 5.92 Å². The zero-order chi connectivity index (χ0) is 17.5. The Morgan fingerprint density at radius 2 is 2.16 bits per heavy atom. The van der Waals surface area contributed by atoms with Crippen LogP contribution in [0.1, 0.15) is 26.2 Å². The van der Waals surface area contributed by atoms with Gasteiger partial charge in [0.1, 0.15) is 0 Å². The molecule has 0 bridgehead atoms. The number of likely N-dealkylation sites (tertiary alicyclic amines) is 1. The van der Waals surface area contributed by atoms with Crippen molar-refractivity contribution in [3.05, 3.63) is 18.5 Å². The fourth-order valence-electron chi connectivity index (χ4n) is 3.69. The average molecular weight is 349 g/mol. The molecule has 2 atom stereocenters. The van der Waals surface area contributed by atoms with Gasteiger partial charge < -0.3 is 15.0 Å². The van der Waals surface area contributed by atoms with Crippen molar-refractivity contribution in [1.82, 2.24) is 24.9 Å². The topological polar surface area (TPSA) is 62.6 Å². The number of hydrogen-bond acceptors (Lipinski definition) is 4. The lowest BCUT2D eigenvalue weighted by Gasteiger charge is -2.39. The Bertz CT molecular complexity index is 516. The predicted octanol–water partition coefficient (Wildman–Crippen LogP) is 1.42. The molecule has 0 spiro atoms. The molecule has 1 N–H and O–H groups in total. The molecular formula is C18H31N5O2. The van der Waals surface area contributed by atoms with E-state index in [0.717, 1.165) is 58.8 Å². The van der Waals surface area contributed by atoms with Gasteiger partial charge in [0.25, 0.3) is 0 Å². The van der Waals surface area contributed by atoms with Crippen LogP contribution in [0.15, 0.2) is 18.5 Å². The van der Waals surface area contributed by atoms with Gasteiger partial charge in [0, 0.05) is 57.7 Å². The fraction of sp³-hybridized carbons (Fsp3) is 0.778. The second kappa shape index (κ2) is 9.20. The maximum Gasteiger partial charge on any atom is 0.317 e. The number of piperidine rings is 1. The average Bonchev–Trinajstić information content (AvgIpc) is 3.14. The van der Waals surface area contributed by atoms with Crippen molar-refractivity contribution in [2.24, 2.45) is 5.92 Å². The summed E-state index contributed by atoms with van der Waals surface area (Å²) in [6, 6.07) is 2.34. The molecule has 7 heteroatoms. The molecule has 7 nitrogen and oxygen atoms in total. The summed E-state index contributed by atoms with van der Waals surface area (Å²) in [5.74, 6) is 0.353. The maximum atomic E-state index is 12.7. The SMILES string of the molecule is C[C@H](CNC(=O)N1CCCC[C@H]1CN1CCOCC1)Cn1cccn1. The van der Waals surface area contributed by atoms with E-state index in [-0.39, 0.29) is 6.03 Å². The van der Waals surface area contributed by atoms with E-state index in [9.17, 15) is 4.79 Å². The number of rotatable bonds is 6. The van der Waals surface area contributed by atoms with E-state index in [1.165, 1.54) is 6.42 Å². The minimum Gasteiger partial charge on any atom is -0.379 e. The number of nitrogens with zero attached hydrogens (tertiary/aromatic N) is 4. The minimum atomic E-state index is 0.0882. The Kier molecular flexibility index (Phi) is 6.69. The summed E-state index contributed by atoms with van der Waals surface area (Å²) in [6.45, 7) is 9.06. The van der Waals surface area contributed by atoms with Crippen molar-refractivity contribution >= 4 is 6.03 Å². The predicted molar refractivity (Wildman–Crippen MR) is 96.4 cm³/mol. The molecule has 3 rings (SSSR count). The van der Waals surface area contributed by atoms with Crippen LogP contribution in [0.3, 0.4) is 0 Å². The first-order chi connectivity index (χ1) is 12.2. The molecule has 0 aromatic carbocycles. The molecule has 0 aliphatic carbocycles. The molecule has 1 aromatic heterocycles. The summed E-state index contributed by atoms with van der Waals surface area (Å²) in [5.41, 5.74) is 0. The maximum absolute atomic E-state index is 12.7. The first kappa shape index (κ1) is 18.2. The van der Waals surface area contributed by atoms with Crippen LogP contribution < -0.4 is 5.32 Å². The fourth-order valence-corrected chi connectivity index (χ4v) is 3.69. The molecule has 0 radical (unpaired) electrons. The van der Waals surface area contributed by atoms with Gasteiger partial charge in [-0.3, -0.25) is 9.58 Å². The molecule has 0 saturated carbocycles. The number of aromatic nitrogens is 2. The standard InChI is InChI=1S/C18H31N5O2/c1-16(14-22-7-4-6-20-22)13-19-18(24)23-8-3-2-5-17(23)15-21-9-11-25-12-10-21/h4,6-7,16-17H,2-3,5,8-15H2,1H3,(H,19,24)/t16-,17+/m1/s1. The summed E-state index contributed by atoms with van der Waals surface area (Å²) in [6.07, 6.45) is 7.18. The number of urea groups is 1. The van der Waals surface area contributed by atoms with Gasteiger partial charge >= 0.3 is 6.03 Å². The number of nitrogens with one attached hydrogen (secondary N) is 1. The van der Waals surface area contributed by atoms with Crippen molar-refractivity contribution in [3.8, 4) is 0 Å². The lowest BCUT2D eigenvalue weighted by molar-refractivity contribution is 0.0221. The van der Waals surface area contributed by atoms with Crippen molar-refractivity contribution in [2.45, 2.75) is 38.8 Å². The van der Waals surface area contributed by atoms with Gasteiger partial charge in [-0.15, -0.1) is 0 Å². The molecule has 3 heterocycles. The van der Waals surface area contributed by atoms with Crippen molar-refractivity contribution in [3.63, 3.8) is 0 Å². The number of hydrogen-bond donors (Lipinski definition) is 1. The summed E-state index contributed by atoms with van der Waals surface area (Å²) < 4.78 is 7.35. The highest BCUT2D eigenvalue weighted by atomic mass is 16.5. The zero-order valence-corrected chi connectivity index (χ0v) is 15.3. The van der Waals surface area contributed by atoms with Crippen molar-refractivity contribution < 1.29 is 9.53 Å². The van der Waals surface area contributed by atoms with E-state index in [1.54, 1.807) is 6.20 Å². The van der Waals surface area contributed by atoms with Gasteiger partial charge in [0.2, 0.25) is 0 Å². The van der Waals surface area contributed by atoms with Crippen LogP contribution in [-0.4, -0.2) is 77.6 Å². The Labute approximate surface area is 150 Å². The van der Waals surface area contributed by atoms with Crippen LogP contribution in [0.5, 0.6) is 0 Å². The van der Waals surface area contributed by atoms with Crippen LogP contribution in [-0.2, 0) is 11.3 Å². The van der Waals surface area contributed by atoms with Crippen LogP contribution >= 0.6 is 0 Å². The second-order valence-electron chi connectivity index (χ2n) is 7.28. The number of carbonyl (C=O) groups is 1. The number of morpholine rings is 1. The van der Waals surface area contributed by atoms with Gasteiger partial charge in [-0.05, 0) is 31.2 Å². The molecule has 2 fully saturated rings. The number of carbonyl (C=O) groups excluding carboxylic acids is 1. The van der Waals surface area contributed by atoms with Crippen LogP contribution in [0.2, 0.25) is 0 Å². The van der Waals surface area contributed by atoms with E-state index < -0.39 is 0 Å². The van der Waals surface area contributed by atoms with Crippen LogP contribution in [0.4, 0.5) is 4.79 Å². The number of amides is 2. The van der Waals surface area contributed by atoms with Crippen molar-refractivity contribution in [1.29, 1.82) is 0 Å². The molecule has 2 saturated heterocycles. The van der Waals surface area contributed by atoms with Crippen molar-refractivity contribution in [2.75, 3.05) is 45.9 Å². The normalized spacial score (nSPS) is 23.4. The van der Waals surface area contributed by atoms with E-state index in [4.69, 9.17) is 4.74 Å². The van der Waals surface area contributed by atoms with E-state index >= 15 is 0 Å². The molecule has 2 aliphatic rings. The molecule has 2 aliphatic heterocycles. The van der Waals surface area contributed by atoms with Gasteiger partial charge in [-0.2, -0.15) is 5.10 Å². The van der Waals surface area contributed by atoms with Gasteiger partial charge in [-0.25, -0.2) is 4.79 Å². The summed E-state index contributed by atoms with van der Waals surface area (Å²) in [7, 11) is 0. The van der Waals surface area contributed by atoms with E-state index in [0.29, 0.717) is 18.5 Å². The Morgan fingerprint density at radius 1 is 1.32 bits per heavy atom. The zero-order valence-electron chi connectivity index (χ0n) is 15.3. The summed E-state index contributed by atoms with van der Waals surface area (Å²) >= 11 is 0. The Balaban J connectivity index is 1.46. The highest BCUT2D eigenvalue weighted by Gasteiger charge is 2.28. The monoisotopic (exact) mass is 349 g/mol. The molecule has 2 amide bonds. The van der Waals surface area contributed by atoms with E-state index in [1.807, 2.05) is 16.9 Å². The quantitative estimate of drug-likeness (QED) is 0.844. The smallest absolute Gasteiger partial charge is 0.317 e. The van der Waals surface area contributed by atoms with Gasteiger partial charge in [-0.1, -0.05) is 6.92 Å². The first-order valence-electron chi connectivity index (χ1n) is 9.54. The molecule has 0 unspecified atom stereocenters. The van der Waals surface area contributed by atoms with Gasteiger partial charge in [0.15, 0.2) is 0 Å². The first-order valence-corrected chi connectivity index (χ1v) is 9.54. The van der Waals surface area contributed by atoms with Gasteiger partial charge in [0.05, 0.1) is 13.2 Å². The Morgan fingerprint density at radius 3 is 2.92 bits per heavy atom. The lowest BCUT2D eigenvalue weighted by atomic mass is 10.0. The highest BCUT2D eigenvalue weighted by molar-refractivity contribution is 5.74. The highest BCUT2D eigenvalue weighted by Crippen LogP contribution is 2.18. The molecule has 25 heavy (non-hydrogen) atoms. The number of ether oxygens (including phenoxy) is 1. The third-order valence-corrected chi connectivity index (χ3v) is 5.12. The Hall–Kier alpha value is -1.60. The van der Waals surface area contributed by atoms with Crippen LogP contribution in [0.25, 0.3) is 0 Å². The third-order valence-electron chi connectivity index (χ3n) is 5.12. The second-order valence-corrected chi connectivity index (χ2v) is 7.28. The minimum absolute atomic E-state index is 0.0882. The molecule has 1 aromatic rings.